The number of amides is 2. The molecule has 0 aliphatic heterocycles. The van der Waals surface area contributed by atoms with Crippen LogP contribution in [0.2, 0.25) is 0 Å². The lowest BCUT2D eigenvalue weighted by atomic mass is 9.90. The van der Waals surface area contributed by atoms with Crippen LogP contribution in [0.5, 0.6) is 0 Å². The van der Waals surface area contributed by atoms with Crippen molar-refractivity contribution in [1.29, 1.82) is 0 Å². The zero-order valence-corrected chi connectivity index (χ0v) is 14.0. The molecule has 2 aromatic rings. The lowest BCUT2D eigenvalue weighted by Gasteiger charge is -2.16. The van der Waals surface area contributed by atoms with Gasteiger partial charge in [0.25, 0.3) is 0 Å². The van der Waals surface area contributed by atoms with Crippen molar-refractivity contribution in [2.45, 2.75) is 32.3 Å². The highest BCUT2D eigenvalue weighted by atomic mass is 16.3. The molecular weight excluding hydrogens is 316 g/mol. The first kappa shape index (κ1) is 17.2. The lowest BCUT2D eigenvalue weighted by molar-refractivity contribution is 0.0972. The summed E-state index contributed by atoms with van der Waals surface area (Å²) in [6, 6.07) is 12.9. The van der Waals surface area contributed by atoms with Crippen molar-refractivity contribution >= 4 is 17.5 Å². The minimum atomic E-state index is -0.282. The summed E-state index contributed by atoms with van der Waals surface area (Å²) in [4.78, 5) is 24.0. The molecule has 0 saturated heterocycles. The highest BCUT2D eigenvalue weighted by molar-refractivity contribution is 6.00. The Bertz CT molecular complexity index is 769. The Morgan fingerprint density at radius 3 is 2.56 bits per heavy atom. The van der Waals surface area contributed by atoms with Gasteiger partial charge in [-0.05, 0) is 48.1 Å². The van der Waals surface area contributed by atoms with E-state index in [1.165, 1.54) is 0 Å². The van der Waals surface area contributed by atoms with Gasteiger partial charge in [0.2, 0.25) is 0 Å². The number of ketones is 1. The van der Waals surface area contributed by atoms with Crippen LogP contribution in [0, 0.1) is 0 Å². The smallest absolute Gasteiger partial charge is 0.319 e. The number of aliphatic hydroxyl groups excluding tert-OH is 1. The number of aryl methyl sites for hydroxylation is 1. The normalized spacial score (nSPS) is 13.2. The minimum Gasteiger partial charge on any atom is -0.392 e. The Morgan fingerprint density at radius 2 is 1.80 bits per heavy atom. The van der Waals surface area contributed by atoms with Gasteiger partial charge in [0.15, 0.2) is 5.78 Å². The zero-order chi connectivity index (χ0) is 17.6. The van der Waals surface area contributed by atoms with Gasteiger partial charge < -0.3 is 15.7 Å². The summed E-state index contributed by atoms with van der Waals surface area (Å²) < 4.78 is 0. The number of carbonyl (C=O) groups excluding carboxylic acids is 2. The number of urea groups is 1. The predicted octanol–water partition coefficient (Wildman–Crippen LogP) is 3.06. The Labute approximate surface area is 147 Å². The number of carbonyl (C=O) groups is 2. The van der Waals surface area contributed by atoms with Gasteiger partial charge in [-0.3, -0.25) is 4.79 Å². The van der Waals surface area contributed by atoms with Crippen molar-refractivity contribution < 1.29 is 14.7 Å². The second-order valence-electron chi connectivity index (χ2n) is 6.25. The SMILES string of the molecule is O=C(NCCc1ccc(CO)cc1)Nc1ccc2c(c1)C(=O)CCC2. The standard InChI is InChI=1S/C20H22N2O3/c23-13-15-6-4-14(5-7-15)10-11-21-20(25)22-17-9-8-16-2-1-3-19(24)18(16)12-17/h4-9,12,23H,1-3,10-11,13H2,(H2,21,22,25). The second-order valence-corrected chi connectivity index (χ2v) is 6.25. The molecule has 2 aromatic carbocycles. The van der Waals surface area contributed by atoms with E-state index in [0.29, 0.717) is 25.1 Å². The van der Waals surface area contributed by atoms with Gasteiger partial charge in [-0.15, -0.1) is 0 Å². The van der Waals surface area contributed by atoms with Gasteiger partial charge >= 0.3 is 6.03 Å². The summed E-state index contributed by atoms with van der Waals surface area (Å²) in [6.07, 6.45) is 3.11. The van der Waals surface area contributed by atoms with Crippen LogP contribution in [-0.4, -0.2) is 23.5 Å². The van der Waals surface area contributed by atoms with Gasteiger partial charge in [0.1, 0.15) is 0 Å². The lowest BCUT2D eigenvalue weighted by Crippen LogP contribution is -2.30. The maximum atomic E-state index is 12.0. The zero-order valence-electron chi connectivity index (χ0n) is 14.0. The fourth-order valence-electron chi connectivity index (χ4n) is 3.01. The van der Waals surface area contributed by atoms with E-state index in [2.05, 4.69) is 10.6 Å². The summed E-state index contributed by atoms with van der Waals surface area (Å²) in [7, 11) is 0. The van der Waals surface area contributed by atoms with E-state index >= 15 is 0 Å². The molecule has 0 atom stereocenters. The molecule has 0 saturated carbocycles. The van der Waals surface area contributed by atoms with Crippen molar-refractivity contribution in [3.8, 4) is 0 Å². The molecule has 0 aromatic heterocycles. The average Bonchev–Trinajstić information content (AvgIpc) is 2.63. The van der Waals surface area contributed by atoms with Crippen molar-refractivity contribution in [2.24, 2.45) is 0 Å². The molecule has 25 heavy (non-hydrogen) atoms. The summed E-state index contributed by atoms with van der Waals surface area (Å²) in [5, 5.41) is 14.6. The van der Waals surface area contributed by atoms with Crippen LogP contribution in [0.15, 0.2) is 42.5 Å². The molecule has 0 radical (unpaired) electrons. The topological polar surface area (TPSA) is 78.4 Å². The fraction of sp³-hybridized carbons (Fsp3) is 0.300. The van der Waals surface area contributed by atoms with Crippen LogP contribution >= 0.6 is 0 Å². The van der Waals surface area contributed by atoms with E-state index in [9.17, 15) is 9.59 Å². The number of hydrogen-bond donors (Lipinski definition) is 3. The third-order valence-corrected chi connectivity index (χ3v) is 4.42. The molecule has 0 heterocycles. The molecule has 1 aliphatic carbocycles. The number of hydrogen-bond acceptors (Lipinski definition) is 3. The van der Waals surface area contributed by atoms with Crippen molar-refractivity contribution in [2.75, 3.05) is 11.9 Å². The highest BCUT2D eigenvalue weighted by Gasteiger charge is 2.17. The van der Waals surface area contributed by atoms with Crippen LogP contribution in [0.25, 0.3) is 0 Å². The number of nitrogens with one attached hydrogen (secondary N) is 2. The summed E-state index contributed by atoms with van der Waals surface area (Å²) >= 11 is 0. The molecule has 3 N–H and O–H groups in total. The molecule has 0 spiro atoms. The van der Waals surface area contributed by atoms with E-state index in [1.807, 2.05) is 36.4 Å². The van der Waals surface area contributed by atoms with Gasteiger partial charge in [0, 0.05) is 24.2 Å². The number of benzene rings is 2. The number of aliphatic hydroxyl groups is 1. The number of rotatable bonds is 5. The van der Waals surface area contributed by atoms with Gasteiger partial charge in [-0.1, -0.05) is 30.3 Å². The number of Topliss-reactive ketones (excluding diaryl/α,β-unsaturated/α-hetero) is 1. The van der Waals surface area contributed by atoms with Crippen molar-refractivity contribution in [3.63, 3.8) is 0 Å². The van der Waals surface area contributed by atoms with E-state index in [4.69, 9.17) is 5.11 Å². The van der Waals surface area contributed by atoms with Crippen LogP contribution in [-0.2, 0) is 19.4 Å². The van der Waals surface area contributed by atoms with E-state index < -0.39 is 0 Å². The average molecular weight is 338 g/mol. The number of fused-ring (bicyclic) bond motifs is 1. The molecule has 130 valence electrons. The predicted molar refractivity (Wildman–Crippen MR) is 96.8 cm³/mol. The van der Waals surface area contributed by atoms with Gasteiger partial charge in [-0.2, -0.15) is 0 Å². The Balaban J connectivity index is 1.50. The number of anilines is 1. The van der Waals surface area contributed by atoms with Crippen LogP contribution < -0.4 is 10.6 Å². The maximum absolute atomic E-state index is 12.0. The Morgan fingerprint density at radius 1 is 1.04 bits per heavy atom. The quantitative estimate of drug-likeness (QED) is 0.784. The highest BCUT2D eigenvalue weighted by Crippen LogP contribution is 2.24. The Kier molecular flexibility index (Phi) is 5.46. The third kappa shape index (κ3) is 4.45. The first-order valence-electron chi connectivity index (χ1n) is 8.55. The molecule has 0 fully saturated rings. The monoisotopic (exact) mass is 338 g/mol. The molecule has 5 nitrogen and oxygen atoms in total. The Hall–Kier alpha value is -2.66. The molecular formula is C20H22N2O3. The summed E-state index contributed by atoms with van der Waals surface area (Å²) in [6.45, 7) is 0.540. The van der Waals surface area contributed by atoms with Crippen molar-refractivity contribution in [1.82, 2.24) is 5.32 Å². The summed E-state index contributed by atoms with van der Waals surface area (Å²) in [5.74, 6) is 0.150. The first-order chi connectivity index (χ1) is 12.2. The van der Waals surface area contributed by atoms with Crippen molar-refractivity contribution in [3.05, 3.63) is 64.7 Å². The van der Waals surface area contributed by atoms with E-state index in [1.54, 1.807) is 6.07 Å². The first-order valence-corrected chi connectivity index (χ1v) is 8.55. The second kappa shape index (κ2) is 7.94. The molecule has 0 bridgehead atoms. The molecule has 5 heteroatoms. The molecule has 3 rings (SSSR count). The van der Waals surface area contributed by atoms with Gasteiger partial charge in [-0.25, -0.2) is 4.79 Å². The van der Waals surface area contributed by atoms with E-state index in [-0.39, 0.29) is 18.4 Å². The van der Waals surface area contributed by atoms with Crippen LogP contribution in [0.3, 0.4) is 0 Å². The molecule has 0 unspecified atom stereocenters. The largest absolute Gasteiger partial charge is 0.392 e. The van der Waals surface area contributed by atoms with Crippen LogP contribution in [0.4, 0.5) is 10.5 Å². The molecule has 2 amide bonds. The third-order valence-electron chi connectivity index (χ3n) is 4.42. The van der Waals surface area contributed by atoms with Gasteiger partial charge in [0.05, 0.1) is 6.61 Å². The minimum absolute atomic E-state index is 0.0320. The molecule has 1 aliphatic rings. The maximum Gasteiger partial charge on any atom is 0.319 e. The fourth-order valence-corrected chi connectivity index (χ4v) is 3.01. The summed E-state index contributed by atoms with van der Waals surface area (Å²) in [5.41, 5.74) is 4.40. The van der Waals surface area contributed by atoms with E-state index in [0.717, 1.165) is 35.1 Å². The van der Waals surface area contributed by atoms with Crippen LogP contribution in [0.1, 0.15) is 39.9 Å².